The van der Waals surface area contributed by atoms with E-state index < -0.39 is 15.4 Å². The van der Waals surface area contributed by atoms with Crippen LogP contribution in [0.3, 0.4) is 0 Å². The molecule has 2 rings (SSSR count). The molecule has 0 saturated carbocycles. The number of hydrogen-bond acceptors (Lipinski definition) is 5. The fourth-order valence-electron chi connectivity index (χ4n) is 2.66. The quantitative estimate of drug-likeness (QED) is 0.886. The maximum atomic E-state index is 11.6. The van der Waals surface area contributed by atoms with Crippen molar-refractivity contribution in [3.63, 3.8) is 0 Å². The molecule has 0 amide bonds. The van der Waals surface area contributed by atoms with E-state index in [0.717, 1.165) is 22.6 Å². The number of methoxy groups -OCH3 is 1. The largest absolute Gasteiger partial charge is 0.496 e. The van der Waals surface area contributed by atoms with Crippen molar-refractivity contribution in [2.75, 3.05) is 18.6 Å². The van der Waals surface area contributed by atoms with Gasteiger partial charge < -0.3 is 10.5 Å². The van der Waals surface area contributed by atoms with Gasteiger partial charge in [-0.25, -0.2) is 8.42 Å². The molecule has 5 nitrogen and oxygen atoms in total. The lowest BCUT2D eigenvalue weighted by Gasteiger charge is -2.23. The van der Waals surface area contributed by atoms with Crippen LogP contribution in [0.2, 0.25) is 0 Å². The molecule has 0 bridgehead atoms. The van der Waals surface area contributed by atoms with Gasteiger partial charge in [-0.3, -0.25) is 4.98 Å². The van der Waals surface area contributed by atoms with Gasteiger partial charge in [0.1, 0.15) is 5.75 Å². The van der Waals surface area contributed by atoms with Gasteiger partial charge >= 0.3 is 0 Å². The summed E-state index contributed by atoms with van der Waals surface area (Å²) in [5, 5.41) is 0. The maximum Gasteiger partial charge on any atom is 0.152 e. The van der Waals surface area contributed by atoms with Crippen molar-refractivity contribution in [2.24, 2.45) is 5.73 Å². The molecular formula is C13H20N2O3S. The zero-order valence-corrected chi connectivity index (χ0v) is 12.4. The van der Waals surface area contributed by atoms with Crippen molar-refractivity contribution in [1.82, 2.24) is 4.98 Å². The molecule has 1 aliphatic heterocycles. The van der Waals surface area contributed by atoms with E-state index in [0.29, 0.717) is 12.8 Å². The standard InChI is InChI=1S/C13H20N2O3S/c1-9-7-15-11(10(2)12(9)18-3)6-13(14)4-5-19(16,17)8-13/h7H,4-6,8,14H2,1-3H3. The number of ether oxygens (including phenoxy) is 1. The van der Waals surface area contributed by atoms with Crippen LogP contribution in [0.25, 0.3) is 0 Å². The van der Waals surface area contributed by atoms with Gasteiger partial charge in [0.2, 0.25) is 0 Å². The van der Waals surface area contributed by atoms with Crippen LogP contribution < -0.4 is 10.5 Å². The van der Waals surface area contributed by atoms with Gasteiger partial charge in [-0.15, -0.1) is 0 Å². The van der Waals surface area contributed by atoms with Crippen LogP contribution in [0.15, 0.2) is 6.20 Å². The van der Waals surface area contributed by atoms with E-state index in [-0.39, 0.29) is 11.5 Å². The van der Waals surface area contributed by atoms with Crippen LogP contribution in [-0.4, -0.2) is 37.6 Å². The van der Waals surface area contributed by atoms with Crippen LogP contribution >= 0.6 is 0 Å². The smallest absolute Gasteiger partial charge is 0.152 e. The van der Waals surface area contributed by atoms with Gasteiger partial charge in [-0.05, 0) is 20.3 Å². The highest BCUT2D eigenvalue weighted by Gasteiger charge is 2.39. The predicted octanol–water partition coefficient (Wildman–Crippen LogP) is 0.766. The first-order valence-electron chi connectivity index (χ1n) is 6.25. The summed E-state index contributed by atoms with van der Waals surface area (Å²) >= 11 is 0. The lowest BCUT2D eigenvalue weighted by atomic mass is 9.92. The molecular weight excluding hydrogens is 264 g/mol. The Morgan fingerprint density at radius 1 is 1.47 bits per heavy atom. The molecule has 1 aliphatic rings. The van der Waals surface area contributed by atoms with Crippen molar-refractivity contribution < 1.29 is 13.2 Å². The fraction of sp³-hybridized carbons (Fsp3) is 0.615. The summed E-state index contributed by atoms with van der Waals surface area (Å²) in [6, 6.07) is 0. The first-order chi connectivity index (χ1) is 8.76. The van der Waals surface area contributed by atoms with Crippen molar-refractivity contribution in [2.45, 2.75) is 32.2 Å². The number of pyridine rings is 1. The Bertz CT molecular complexity index is 598. The molecule has 1 aromatic heterocycles. The van der Waals surface area contributed by atoms with Gasteiger partial charge in [0.05, 0.1) is 18.6 Å². The normalized spacial score (nSPS) is 25.5. The van der Waals surface area contributed by atoms with Gasteiger partial charge in [-0.1, -0.05) is 0 Å². The Hall–Kier alpha value is -1.14. The Kier molecular flexibility index (Phi) is 3.57. The van der Waals surface area contributed by atoms with E-state index in [1.54, 1.807) is 13.3 Å². The second-order valence-corrected chi connectivity index (χ2v) is 7.61. The summed E-state index contributed by atoms with van der Waals surface area (Å²) in [5.74, 6) is 1.01. The van der Waals surface area contributed by atoms with Crippen molar-refractivity contribution in [3.8, 4) is 5.75 Å². The lowest BCUT2D eigenvalue weighted by molar-refractivity contribution is 0.404. The molecule has 19 heavy (non-hydrogen) atoms. The first kappa shape index (κ1) is 14.3. The third-order valence-corrected chi connectivity index (χ3v) is 5.53. The van der Waals surface area contributed by atoms with E-state index in [9.17, 15) is 8.42 Å². The summed E-state index contributed by atoms with van der Waals surface area (Å²) in [6.07, 6.45) is 2.70. The minimum absolute atomic E-state index is 0.0390. The summed E-state index contributed by atoms with van der Waals surface area (Å²) in [5.41, 5.74) is 8.24. The molecule has 0 spiro atoms. The van der Waals surface area contributed by atoms with E-state index in [2.05, 4.69) is 4.98 Å². The van der Waals surface area contributed by atoms with Crippen molar-refractivity contribution in [1.29, 1.82) is 0 Å². The van der Waals surface area contributed by atoms with Crippen molar-refractivity contribution in [3.05, 3.63) is 23.0 Å². The van der Waals surface area contributed by atoms with Gasteiger partial charge in [0, 0.05) is 35.0 Å². The second kappa shape index (κ2) is 4.76. The summed E-state index contributed by atoms with van der Waals surface area (Å²) in [7, 11) is -1.37. The maximum absolute atomic E-state index is 11.6. The highest BCUT2D eigenvalue weighted by molar-refractivity contribution is 7.91. The predicted molar refractivity (Wildman–Crippen MR) is 74.2 cm³/mol. The monoisotopic (exact) mass is 284 g/mol. The Balaban J connectivity index is 2.30. The Morgan fingerprint density at radius 3 is 2.68 bits per heavy atom. The van der Waals surface area contributed by atoms with Crippen LogP contribution in [-0.2, 0) is 16.3 Å². The van der Waals surface area contributed by atoms with Crippen molar-refractivity contribution >= 4 is 9.84 Å². The molecule has 2 N–H and O–H groups in total. The summed E-state index contributed by atoms with van der Waals surface area (Å²) in [6.45, 7) is 3.86. The molecule has 1 unspecified atom stereocenters. The molecule has 0 aromatic carbocycles. The van der Waals surface area contributed by atoms with Crippen LogP contribution in [0, 0.1) is 13.8 Å². The molecule has 0 aliphatic carbocycles. The first-order valence-corrected chi connectivity index (χ1v) is 8.07. The number of rotatable bonds is 3. The second-order valence-electron chi connectivity index (χ2n) is 5.43. The number of nitrogens with two attached hydrogens (primary N) is 1. The zero-order valence-electron chi connectivity index (χ0n) is 11.6. The molecule has 6 heteroatoms. The highest BCUT2D eigenvalue weighted by Crippen LogP contribution is 2.29. The third kappa shape index (κ3) is 2.90. The lowest BCUT2D eigenvalue weighted by Crippen LogP contribution is -2.43. The Morgan fingerprint density at radius 2 is 2.16 bits per heavy atom. The van der Waals surface area contributed by atoms with E-state index in [1.807, 2.05) is 13.8 Å². The van der Waals surface area contributed by atoms with Gasteiger partial charge in [0.25, 0.3) is 0 Å². The van der Waals surface area contributed by atoms with Crippen LogP contribution in [0.1, 0.15) is 23.2 Å². The fourth-order valence-corrected chi connectivity index (χ4v) is 4.65. The van der Waals surface area contributed by atoms with Gasteiger partial charge in [-0.2, -0.15) is 0 Å². The minimum Gasteiger partial charge on any atom is -0.496 e. The number of hydrogen-bond donors (Lipinski definition) is 1. The van der Waals surface area contributed by atoms with E-state index in [4.69, 9.17) is 10.5 Å². The molecule has 106 valence electrons. The molecule has 0 radical (unpaired) electrons. The SMILES string of the molecule is COc1c(C)cnc(CC2(N)CCS(=O)(=O)C2)c1C. The van der Waals surface area contributed by atoms with Crippen LogP contribution in [0.5, 0.6) is 5.75 Å². The molecule has 1 fully saturated rings. The molecule has 1 saturated heterocycles. The third-order valence-electron chi connectivity index (χ3n) is 3.69. The number of sulfone groups is 1. The van der Waals surface area contributed by atoms with Gasteiger partial charge in [0.15, 0.2) is 9.84 Å². The number of nitrogens with zero attached hydrogens (tertiary/aromatic N) is 1. The minimum atomic E-state index is -2.99. The topological polar surface area (TPSA) is 82.3 Å². The molecule has 1 aromatic rings. The van der Waals surface area contributed by atoms with Crippen LogP contribution in [0.4, 0.5) is 0 Å². The summed E-state index contributed by atoms with van der Waals surface area (Å²) < 4.78 is 28.5. The van der Waals surface area contributed by atoms with E-state index in [1.165, 1.54) is 0 Å². The molecule has 2 heterocycles. The zero-order chi connectivity index (χ0) is 14.3. The molecule has 1 atom stereocenters. The average Bonchev–Trinajstić information content (AvgIpc) is 2.58. The Labute approximate surface area is 114 Å². The highest BCUT2D eigenvalue weighted by atomic mass is 32.2. The average molecular weight is 284 g/mol. The number of aromatic nitrogens is 1. The summed E-state index contributed by atoms with van der Waals surface area (Å²) in [4.78, 5) is 4.39. The number of aryl methyl sites for hydroxylation is 1. The van der Waals surface area contributed by atoms with E-state index >= 15 is 0 Å².